The van der Waals surface area contributed by atoms with E-state index in [2.05, 4.69) is 5.32 Å². The number of rotatable bonds is 1. The molecule has 108 valence electrons. The molecule has 3 heteroatoms. The molecule has 4 rings (SSSR count). The maximum absolute atomic E-state index is 14.0. The highest BCUT2D eigenvalue weighted by Crippen LogP contribution is 2.37. The Kier molecular flexibility index (Phi) is 2.93. The summed E-state index contributed by atoms with van der Waals surface area (Å²) in [7, 11) is 0. The first-order valence-corrected chi connectivity index (χ1v) is 7.30. The van der Waals surface area contributed by atoms with Crippen molar-refractivity contribution >= 4 is 22.2 Å². The molecule has 1 heterocycles. The van der Waals surface area contributed by atoms with E-state index in [0.717, 1.165) is 16.5 Å². The van der Waals surface area contributed by atoms with Crippen molar-refractivity contribution in [2.24, 2.45) is 0 Å². The Bertz CT molecular complexity index is 887. The molecule has 22 heavy (non-hydrogen) atoms. The molecular weight excluding hydrogens is 277 g/mol. The molecule has 0 saturated heterocycles. The summed E-state index contributed by atoms with van der Waals surface area (Å²) >= 11 is 0. The Morgan fingerprint density at radius 3 is 2.59 bits per heavy atom. The number of hydrogen-bond donors (Lipinski definition) is 1. The van der Waals surface area contributed by atoms with E-state index >= 15 is 0 Å². The van der Waals surface area contributed by atoms with E-state index in [1.807, 2.05) is 36.4 Å². The molecule has 0 spiro atoms. The molecule has 1 atom stereocenters. The fourth-order valence-electron chi connectivity index (χ4n) is 3.16. The summed E-state index contributed by atoms with van der Waals surface area (Å²) in [6.07, 6.45) is 0.266. The van der Waals surface area contributed by atoms with Crippen LogP contribution in [0.3, 0.4) is 0 Å². The molecule has 0 radical (unpaired) electrons. The first-order valence-electron chi connectivity index (χ1n) is 7.30. The highest BCUT2D eigenvalue weighted by Gasteiger charge is 2.28. The van der Waals surface area contributed by atoms with Crippen LogP contribution in [0.5, 0.6) is 0 Å². The normalized spacial score (nSPS) is 17.1. The summed E-state index contributed by atoms with van der Waals surface area (Å²) in [5.41, 5.74) is 2.03. The van der Waals surface area contributed by atoms with Crippen molar-refractivity contribution in [3.05, 3.63) is 77.6 Å². The van der Waals surface area contributed by atoms with E-state index in [1.165, 1.54) is 6.07 Å². The minimum absolute atomic E-state index is 0.0544. The first kappa shape index (κ1) is 13.0. The van der Waals surface area contributed by atoms with Crippen LogP contribution in [0.2, 0.25) is 0 Å². The summed E-state index contributed by atoms with van der Waals surface area (Å²) in [6, 6.07) is 18.0. The quantitative estimate of drug-likeness (QED) is 0.703. The average molecular weight is 291 g/mol. The maximum atomic E-state index is 14.0. The summed E-state index contributed by atoms with van der Waals surface area (Å²) in [4.78, 5) is 12.6. The highest BCUT2D eigenvalue weighted by molar-refractivity contribution is 6.14. The lowest BCUT2D eigenvalue weighted by molar-refractivity contribution is 0.0973. The van der Waals surface area contributed by atoms with E-state index in [-0.39, 0.29) is 24.1 Å². The molecule has 3 aromatic carbocycles. The Labute approximate surface area is 127 Å². The Balaban J connectivity index is 1.83. The molecule has 0 saturated carbocycles. The van der Waals surface area contributed by atoms with Gasteiger partial charge in [0, 0.05) is 23.2 Å². The van der Waals surface area contributed by atoms with Crippen molar-refractivity contribution < 1.29 is 9.18 Å². The predicted octanol–water partition coefficient (Wildman–Crippen LogP) is 4.72. The molecule has 3 aromatic rings. The van der Waals surface area contributed by atoms with Crippen LogP contribution in [-0.4, -0.2) is 5.78 Å². The second kappa shape index (κ2) is 4.95. The van der Waals surface area contributed by atoms with Gasteiger partial charge in [-0.2, -0.15) is 0 Å². The third kappa shape index (κ3) is 1.98. The fourth-order valence-corrected chi connectivity index (χ4v) is 3.16. The van der Waals surface area contributed by atoms with Gasteiger partial charge in [-0.05, 0) is 22.9 Å². The number of carbonyl (C=O) groups is 1. The van der Waals surface area contributed by atoms with Gasteiger partial charge in [0.2, 0.25) is 0 Å². The van der Waals surface area contributed by atoms with Crippen molar-refractivity contribution in [2.75, 3.05) is 5.32 Å². The van der Waals surface area contributed by atoms with E-state index in [0.29, 0.717) is 11.1 Å². The van der Waals surface area contributed by atoms with Crippen molar-refractivity contribution in [1.82, 2.24) is 0 Å². The zero-order valence-electron chi connectivity index (χ0n) is 11.8. The molecule has 0 amide bonds. The Morgan fingerprint density at radius 1 is 0.955 bits per heavy atom. The van der Waals surface area contributed by atoms with Crippen LogP contribution in [0, 0.1) is 5.82 Å². The fraction of sp³-hybridized carbons (Fsp3) is 0.105. The van der Waals surface area contributed by atoms with E-state index < -0.39 is 0 Å². The largest absolute Gasteiger partial charge is 0.377 e. The summed E-state index contributed by atoms with van der Waals surface area (Å²) < 4.78 is 14.0. The SMILES string of the molecule is O=C1CC(c2ccccc2F)Nc2ccc3ccccc3c21. The van der Waals surface area contributed by atoms with Gasteiger partial charge in [0.1, 0.15) is 5.82 Å². The highest BCUT2D eigenvalue weighted by atomic mass is 19.1. The van der Waals surface area contributed by atoms with Crippen LogP contribution in [-0.2, 0) is 0 Å². The van der Waals surface area contributed by atoms with Gasteiger partial charge in [0.05, 0.1) is 6.04 Å². The van der Waals surface area contributed by atoms with Crippen LogP contribution >= 0.6 is 0 Å². The lowest BCUT2D eigenvalue weighted by Crippen LogP contribution is -2.23. The summed E-state index contributed by atoms with van der Waals surface area (Å²) in [6.45, 7) is 0. The van der Waals surface area contributed by atoms with Crippen LogP contribution < -0.4 is 5.32 Å². The van der Waals surface area contributed by atoms with Gasteiger partial charge in [-0.3, -0.25) is 4.79 Å². The third-order valence-corrected chi connectivity index (χ3v) is 4.21. The van der Waals surface area contributed by atoms with Gasteiger partial charge in [-0.1, -0.05) is 48.5 Å². The molecule has 1 N–H and O–H groups in total. The molecule has 1 aliphatic rings. The molecular formula is C19H14FNO. The van der Waals surface area contributed by atoms with Crippen LogP contribution in [0.4, 0.5) is 10.1 Å². The number of hydrogen-bond acceptors (Lipinski definition) is 2. The molecule has 1 unspecified atom stereocenters. The van der Waals surface area contributed by atoms with Gasteiger partial charge < -0.3 is 5.32 Å². The van der Waals surface area contributed by atoms with E-state index in [9.17, 15) is 9.18 Å². The lowest BCUT2D eigenvalue weighted by atomic mass is 9.89. The van der Waals surface area contributed by atoms with Gasteiger partial charge in [0.25, 0.3) is 0 Å². The van der Waals surface area contributed by atoms with Gasteiger partial charge >= 0.3 is 0 Å². The Morgan fingerprint density at radius 2 is 1.73 bits per heavy atom. The van der Waals surface area contributed by atoms with Gasteiger partial charge in [-0.25, -0.2) is 4.39 Å². The molecule has 2 nitrogen and oxygen atoms in total. The second-order valence-corrected chi connectivity index (χ2v) is 5.55. The third-order valence-electron chi connectivity index (χ3n) is 4.21. The number of Topliss-reactive ketones (excluding diaryl/α,β-unsaturated/α-hetero) is 1. The minimum Gasteiger partial charge on any atom is -0.377 e. The standard InChI is InChI=1S/C19H14FNO/c20-15-8-4-3-7-14(15)17-11-18(22)19-13-6-2-1-5-12(13)9-10-16(19)21-17/h1-10,17,21H,11H2. The van der Waals surface area contributed by atoms with Gasteiger partial charge in [0.15, 0.2) is 5.78 Å². The molecule has 0 fully saturated rings. The monoisotopic (exact) mass is 291 g/mol. The van der Waals surface area contributed by atoms with Crippen LogP contribution in [0.25, 0.3) is 10.8 Å². The second-order valence-electron chi connectivity index (χ2n) is 5.55. The molecule has 1 aliphatic heterocycles. The number of halogens is 1. The molecule has 0 bridgehead atoms. The van der Waals surface area contributed by atoms with E-state index in [4.69, 9.17) is 0 Å². The van der Waals surface area contributed by atoms with E-state index in [1.54, 1.807) is 18.2 Å². The number of nitrogens with one attached hydrogen (secondary N) is 1. The molecule has 0 aliphatic carbocycles. The van der Waals surface area contributed by atoms with Crippen molar-refractivity contribution in [1.29, 1.82) is 0 Å². The smallest absolute Gasteiger partial charge is 0.167 e. The zero-order chi connectivity index (χ0) is 15.1. The predicted molar refractivity (Wildman–Crippen MR) is 85.7 cm³/mol. The van der Waals surface area contributed by atoms with Crippen molar-refractivity contribution in [3.8, 4) is 0 Å². The number of benzene rings is 3. The average Bonchev–Trinajstić information content (AvgIpc) is 2.54. The van der Waals surface area contributed by atoms with Crippen molar-refractivity contribution in [3.63, 3.8) is 0 Å². The van der Waals surface area contributed by atoms with Crippen molar-refractivity contribution in [2.45, 2.75) is 12.5 Å². The summed E-state index contributed by atoms with van der Waals surface area (Å²) in [5, 5.41) is 5.31. The maximum Gasteiger partial charge on any atom is 0.167 e. The number of ketones is 1. The zero-order valence-corrected chi connectivity index (χ0v) is 11.8. The number of carbonyl (C=O) groups excluding carboxylic acids is 1. The summed E-state index contributed by atoms with van der Waals surface area (Å²) in [5.74, 6) is -0.226. The number of fused-ring (bicyclic) bond motifs is 3. The van der Waals surface area contributed by atoms with Crippen LogP contribution in [0.1, 0.15) is 28.4 Å². The number of anilines is 1. The van der Waals surface area contributed by atoms with Crippen LogP contribution in [0.15, 0.2) is 60.7 Å². The lowest BCUT2D eigenvalue weighted by Gasteiger charge is -2.27. The first-order chi connectivity index (χ1) is 10.7. The molecule has 0 aromatic heterocycles. The minimum atomic E-state index is -0.317. The topological polar surface area (TPSA) is 29.1 Å². The van der Waals surface area contributed by atoms with Gasteiger partial charge in [-0.15, -0.1) is 0 Å². The Hall–Kier alpha value is -2.68.